The van der Waals surface area contributed by atoms with Gasteiger partial charge >= 0.3 is 6.03 Å². The van der Waals surface area contributed by atoms with Crippen LogP contribution in [0.3, 0.4) is 0 Å². The lowest BCUT2D eigenvalue weighted by atomic mass is 10.1. The maximum Gasteiger partial charge on any atom is 0.332 e. The Labute approximate surface area is 215 Å². The molecule has 9 nitrogen and oxygen atoms in total. The number of carbonyl (C=O) groups excluding carboxylic acids is 3. The van der Waals surface area contributed by atoms with Crippen molar-refractivity contribution in [2.24, 2.45) is 0 Å². The van der Waals surface area contributed by atoms with Crippen molar-refractivity contribution in [2.75, 3.05) is 38.1 Å². The van der Waals surface area contributed by atoms with E-state index < -0.39 is 18.0 Å². The fourth-order valence-electron chi connectivity index (χ4n) is 4.25. The van der Waals surface area contributed by atoms with Crippen molar-refractivity contribution in [2.45, 2.75) is 18.9 Å². The van der Waals surface area contributed by atoms with E-state index in [0.717, 1.165) is 10.5 Å². The highest BCUT2D eigenvalue weighted by atomic mass is 16.5. The lowest BCUT2D eigenvalue weighted by Gasteiger charge is -2.22. The fourth-order valence-corrected chi connectivity index (χ4v) is 4.25. The summed E-state index contributed by atoms with van der Waals surface area (Å²) in [5, 5.41) is 2.80. The first-order chi connectivity index (χ1) is 17.9. The summed E-state index contributed by atoms with van der Waals surface area (Å²) in [5.41, 5.74) is 1.93. The molecular weight excluding hydrogens is 474 g/mol. The quantitative estimate of drug-likeness (QED) is 0.418. The number of ether oxygens (including phenoxy) is 3. The molecular formula is C28H29N3O6. The van der Waals surface area contributed by atoms with E-state index in [9.17, 15) is 14.4 Å². The lowest BCUT2D eigenvalue weighted by molar-refractivity contribution is -0.124. The number of amides is 4. The Bertz CT molecular complexity index is 1260. The van der Waals surface area contributed by atoms with Gasteiger partial charge in [-0.3, -0.25) is 9.59 Å². The molecule has 1 unspecified atom stereocenters. The van der Waals surface area contributed by atoms with Crippen LogP contribution >= 0.6 is 0 Å². The summed E-state index contributed by atoms with van der Waals surface area (Å²) in [6.45, 7) is 0.240. The van der Waals surface area contributed by atoms with E-state index in [1.54, 1.807) is 75.9 Å². The zero-order chi connectivity index (χ0) is 26.4. The molecule has 0 saturated carbocycles. The van der Waals surface area contributed by atoms with Crippen molar-refractivity contribution in [1.29, 1.82) is 0 Å². The SMILES string of the molecule is COc1ccc(NC(=O)CC2C(=O)N(c3ccccc3)C(=O)N2CCc2ccc(OC)c(OC)c2)cc1. The van der Waals surface area contributed by atoms with Gasteiger partial charge in [0, 0.05) is 12.2 Å². The number of hydrogen-bond donors (Lipinski definition) is 1. The number of hydrogen-bond acceptors (Lipinski definition) is 6. The van der Waals surface area contributed by atoms with E-state index in [-0.39, 0.29) is 18.9 Å². The topological polar surface area (TPSA) is 97.4 Å². The molecule has 192 valence electrons. The average Bonchev–Trinajstić information content (AvgIpc) is 3.16. The van der Waals surface area contributed by atoms with E-state index in [2.05, 4.69) is 5.32 Å². The number of carbonyl (C=O) groups is 3. The lowest BCUT2D eigenvalue weighted by Crippen LogP contribution is -2.39. The van der Waals surface area contributed by atoms with E-state index >= 15 is 0 Å². The third kappa shape index (κ3) is 5.66. The minimum atomic E-state index is -0.939. The van der Waals surface area contributed by atoms with E-state index in [1.807, 2.05) is 18.2 Å². The molecule has 4 amide bonds. The zero-order valence-electron chi connectivity index (χ0n) is 21.0. The molecule has 1 fully saturated rings. The molecule has 1 aliphatic heterocycles. The number of nitrogens with one attached hydrogen (secondary N) is 1. The molecule has 1 saturated heterocycles. The molecule has 4 rings (SSSR count). The average molecular weight is 504 g/mol. The Hall–Kier alpha value is -4.53. The summed E-state index contributed by atoms with van der Waals surface area (Å²) in [6.07, 6.45) is 0.282. The molecule has 0 spiro atoms. The number of anilines is 2. The van der Waals surface area contributed by atoms with E-state index in [4.69, 9.17) is 14.2 Å². The predicted molar refractivity (Wildman–Crippen MR) is 139 cm³/mol. The maximum atomic E-state index is 13.4. The number of imide groups is 1. The molecule has 9 heteroatoms. The molecule has 1 N–H and O–H groups in total. The molecule has 37 heavy (non-hydrogen) atoms. The van der Waals surface area contributed by atoms with Crippen molar-refractivity contribution < 1.29 is 28.6 Å². The van der Waals surface area contributed by atoms with Gasteiger partial charge in [0.15, 0.2) is 11.5 Å². The van der Waals surface area contributed by atoms with Crippen LogP contribution in [0, 0.1) is 0 Å². The number of urea groups is 1. The van der Waals surface area contributed by atoms with Gasteiger partial charge in [-0.1, -0.05) is 24.3 Å². The maximum absolute atomic E-state index is 13.4. The van der Waals surface area contributed by atoms with E-state index in [0.29, 0.717) is 35.0 Å². The predicted octanol–water partition coefficient (Wildman–Crippen LogP) is 4.12. The number of para-hydroxylation sites is 1. The first-order valence-corrected chi connectivity index (χ1v) is 11.8. The van der Waals surface area contributed by atoms with Gasteiger partial charge < -0.3 is 24.4 Å². The van der Waals surface area contributed by atoms with Gasteiger partial charge in [0.2, 0.25) is 5.91 Å². The Morgan fingerprint density at radius 3 is 2.22 bits per heavy atom. The molecule has 0 aliphatic carbocycles. The van der Waals surface area contributed by atoms with Gasteiger partial charge in [-0.25, -0.2) is 9.69 Å². The summed E-state index contributed by atoms with van der Waals surface area (Å²) >= 11 is 0. The van der Waals surface area contributed by atoms with Crippen LogP contribution in [0.25, 0.3) is 0 Å². The van der Waals surface area contributed by atoms with Gasteiger partial charge in [-0.2, -0.15) is 0 Å². The zero-order valence-corrected chi connectivity index (χ0v) is 21.0. The van der Waals surface area contributed by atoms with Gasteiger partial charge in [-0.05, 0) is 60.5 Å². The van der Waals surface area contributed by atoms with E-state index in [1.165, 1.54) is 4.90 Å². The van der Waals surface area contributed by atoms with Crippen molar-refractivity contribution in [1.82, 2.24) is 4.90 Å². The number of benzene rings is 3. The number of methoxy groups -OCH3 is 3. The summed E-state index contributed by atoms with van der Waals surface area (Å²) < 4.78 is 15.8. The van der Waals surface area contributed by atoms with Crippen LogP contribution < -0.4 is 24.4 Å². The Kier molecular flexibility index (Phi) is 7.92. The largest absolute Gasteiger partial charge is 0.497 e. The normalized spacial score (nSPS) is 15.1. The molecule has 1 heterocycles. The second kappa shape index (κ2) is 11.5. The van der Waals surface area contributed by atoms with Crippen LogP contribution in [0.4, 0.5) is 16.2 Å². The van der Waals surface area contributed by atoms with Crippen LogP contribution in [-0.4, -0.2) is 56.7 Å². The highest BCUT2D eigenvalue weighted by Gasteiger charge is 2.46. The van der Waals surface area contributed by atoms with Crippen LogP contribution in [0.15, 0.2) is 72.8 Å². The highest BCUT2D eigenvalue weighted by Crippen LogP contribution is 2.30. The molecule has 1 aliphatic rings. The number of nitrogens with zero attached hydrogens (tertiary/aromatic N) is 2. The van der Waals surface area contributed by atoms with Crippen molar-refractivity contribution in [3.05, 3.63) is 78.4 Å². The Morgan fingerprint density at radius 1 is 0.865 bits per heavy atom. The summed E-state index contributed by atoms with van der Waals surface area (Å²) in [4.78, 5) is 42.4. The molecule has 0 radical (unpaired) electrons. The minimum Gasteiger partial charge on any atom is -0.497 e. The van der Waals surface area contributed by atoms with Gasteiger partial charge in [-0.15, -0.1) is 0 Å². The van der Waals surface area contributed by atoms with Crippen LogP contribution in [0.2, 0.25) is 0 Å². The number of rotatable bonds is 10. The smallest absolute Gasteiger partial charge is 0.332 e. The van der Waals surface area contributed by atoms with Gasteiger partial charge in [0.05, 0.1) is 33.4 Å². The first-order valence-electron chi connectivity index (χ1n) is 11.8. The van der Waals surface area contributed by atoms with Gasteiger partial charge in [0.25, 0.3) is 5.91 Å². The van der Waals surface area contributed by atoms with Gasteiger partial charge in [0.1, 0.15) is 11.8 Å². The Morgan fingerprint density at radius 2 is 1.57 bits per heavy atom. The second-order valence-electron chi connectivity index (χ2n) is 8.42. The third-order valence-corrected chi connectivity index (χ3v) is 6.17. The minimum absolute atomic E-state index is 0.175. The fraction of sp³-hybridized carbons (Fsp3) is 0.250. The van der Waals surface area contributed by atoms with Crippen molar-refractivity contribution >= 4 is 29.2 Å². The Balaban J connectivity index is 1.54. The standard InChI is InChI=1S/C28H29N3O6/c1-35-22-12-10-20(11-13-22)29-26(32)18-23-27(33)31(21-7-5-4-6-8-21)28(34)30(23)16-15-19-9-14-24(36-2)25(17-19)37-3/h4-14,17,23H,15-16,18H2,1-3H3,(H,29,32). The monoisotopic (exact) mass is 503 g/mol. The summed E-state index contributed by atoms with van der Waals surface area (Å²) in [7, 11) is 4.68. The van der Waals surface area contributed by atoms with Crippen LogP contribution in [0.1, 0.15) is 12.0 Å². The van der Waals surface area contributed by atoms with Crippen LogP contribution in [0.5, 0.6) is 17.2 Å². The van der Waals surface area contributed by atoms with Crippen molar-refractivity contribution in [3.63, 3.8) is 0 Å². The first kappa shape index (κ1) is 25.6. The second-order valence-corrected chi connectivity index (χ2v) is 8.42. The molecule has 0 aromatic heterocycles. The van der Waals surface area contributed by atoms with Crippen molar-refractivity contribution in [3.8, 4) is 17.2 Å². The molecule has 0 bridgehead atoms. The third-order valence-electron chi connectivity index (χ3n) is 6.17. The summed E-state index contributed by atoms with van der Waals surface area (Å²) in [5.74, 6) is 1.03. The van der Waals surface area contributed by atoms with Crippen LogP contribution in [-0.2, 0) is 16.0 Å². The highest BCUT2D eigenvalue weighted by molar-refractivity contribution is 6.22. The summed E-state index contributed by atoms with van der Waals surface area (Å²) in [6, 6.07) is 19.7. The molecule has 3 aromatic rings. The molecule has 1 atom stereocenters. The molecule has 3 aromatic carbocycles.